The van der Waals surface area contributed by atoms with Crippen LogP contribution in [-0.2, 0) is 0 Å². The zero-order valence-corrected chi connectivity index (χ0v) is 12.2. The van der Waals surface area contributed by atoms with Crippen LogP contribution in [-0.4, -0.2) is 5.11 Å². The summed E-state index contributed by atoms with van der Waals surface area (Å²) >= 11 is 5.97. The minimum atomic E-state index is -0.336. The predicted octanol–water partition coefficient (Wildman–Crippen LogP) is 4.75. The second kappa shape index (κ2) is 5.63. The van der Waals surface area contributed by atoms with E-state index in [1.165, 1.54) is 6.42 Å². The zero-order chi connectivity index (χ0) is 13.3. The highest BCUT2D eigenvalue weighted by Gasteiger charge is 2.30. The van der Waals surface area contributed by atoms with Gasteiger partial charge in [-0.25, -0.2) is 0 Å². The van der Waals surface area contributed by atoms with Crippen LogP contribution in [0, 0.1) is 24.7 Å². The van der Waals surface area contributed by atoms with Gasteiger partial charge in [0.2, 0.25) is 0 Å². The molecule has 0 bridgehead atoms. The van der Waals surface area contributed by atoms with Gasteiger partial charge in [0.05, 0.1) is 6.10 Å². The van der Waals surface area contributed by atoms with Crippen molar-refractivity contribution in [1.29, 1.82) is 0 Å². The minimum absolute atomic E-state index is 0.336. The molecule has 1 aliphatic rings. The van der Waals surface area contributed by atoms with Crippen molar-refractivity contribution in [2.24, 2.45) is 17.8 Å². The molecule has 0 amide bonds. The van der Waals surface area contributed by atoms with Gasteiger partial charge in [0.25, 0.3) is 0 Å². The molecule has 1 aliphatic carbocycles. The van der Waals surface area contributed by atoms with Crippen molar-refractivity contribution >= 4 is 11.6 Å². The summed E-state index contributed by atoms with van der Waals surface area (Å²) < 4.78 is 0. The van der Waals surface area contributed by atoms with Crippen LogP contribution >= 0.6 is 11.6 Å². The smallest absolute Gasteiger partial charge is 0.0820 e. The van der Waals surface area contributed by atoms with Gasteiger partial charge in [0.15, 0.2) is 0 Å². The minimum Gasteiger partial charge on any atom is -0.388 e. The van der Waals surface area contributed by atoms with E-state index in [1.54, 1.807) is 0 Å². The molecule has 100 valence electrons. The van der Waals surface area contributed by atoms with Crippen LogP contribution in [0.2, 0.25) is 5.02 Å². The van der Waals surface area contributed by atoms with Gasteiger partial charge in [0, 0.05) is 5.02 Å². The summed E-state index contributed by atoms with van der Waals surface area (Å²) in [6.07, 6.45) is 3.16. The SMILES string of the molecule is Cc1cc(Cl)ccc1C(O)C1CCC(C)C(C)C1. The summed E-state index contributed by atoms with van der Waals surface area (Å²) in [6.45, 7) is 6.65. The summed E-state index contributed by atoms with van der Waals surface area (Å²) in [6, 6.07) is 5.79. The third kappa shape index (κ3) is 2.89. The van der Waals surface area contributed by atoms with E-state index in [0.29, 0.717) is 11.8 Å². The Hall–Kier alpha value is -0.530. The van der Waals surface area contributed by atoms with Gasteiger partial charge < -0.3 is 5.11 Å². The Morgan fingerprint density at radius 1 is 1.22 bits per heavy atom. The summed E-state index contributed by atoms with van der Waals surface area (Å²) in [5.74, 6) is 1.90. The maximum atomic E-state index is 10.6. The first-order valence-corrected chi connectivity index (χ1v) is 7.31. The molecule has 2 heteroatoms. The van der Waals surface area contributed by atoms with E-state index in [9.17, 15) is 5.11 Å². The number of aliphatic hydroxyl groups excluding tert-OH is 1. The lowest BCUT2D eigenvalue weighted by atomic mass is 9.72. The van der Waals surface area contributed by atoms with E-state index in [2.05, 4.69) is 13.8 Å². The van der Waals surface area contributed by atoms with Crippen LogP contribution < -0.4 is 0 Å². The molecule has 4 atom stereocenters. The molecule has 1 fully saturated rings. The molecule has 1 aromatic carbocycles. The molecule has 0 spiro atoms. The highest BCUT2D eigenvalue weighted by molar-refractivity contribution is 6.30. The molecule has 1 saturated carbocycles. The average Bonchev–Trinajstić information content (AvgIpc) is 2.32. The second-order valence-electron chi connectivity index (χ2n) is 5.97. The van der Waals surface area contributed by atoms with E-state index in [4.69, 9.17) is 11.6 Å². The number of halogens is 1. The summed E-state index contributed by atoms with van der Waals surface area (Å²) in [7, 11) is 0. The first kappa shape index (κ1) is 13.9. The lowest BCUT2D eigenvalue weighted by Gasteiger charge is -2.35. The third-order valence-electron chi connectivity index (χ3n) is 4.64. The maximum Gasteiger partial charge on any atom is 0.0820 e. The number of benzene rings is 1. The van der Waals surface area contributed by atoms with Crippen molar-refractivity contribution in [3.63, 3.8) is 0 Å². The Morgan fingerprint density at radius 2 is 1.94 bits per heavy atom. The number of aryl methyl sites for hydroxylation is 1. The Kier molecular flexibility index (Phi) is 4.34. The summed E-state index contributed by atoms with van der Waals surface area (Å²) in [5, 5.41) is 11.3. The molecule has 0 heterocycles. The number of hydrogen-bond donors (Lipinski definition) is 1. The lowest BCUT2D eigenvalue weighted by molar-refractivity contribution is 0.0557. The highest BCUT2D eigenvalue weighted by Crippen LogP contribution is 2.40. The molecule has 0 aromatic heterocycles. The third-order valence-corrected chi connectivity index (χ3v) is 4.87. The van der Waals surface area contributed by atoms with Crippen molar-refractivity contribution < 1.29 is 5.11 Å². The van der Waals surface area contributed by atoms with Crippen molar-refractivity contribution in [2.75, 3.05) is 0 Å². The van der Waals surface area contributed by atoms with Gasteiger partial charge in [-0.15, -0.1) is 0 Å². The Morgan fingerprint density at radius 3 is 2.56 bits per heavy atom. The highest BCUT2D eigenvalue weighted by atomic mass is 35.5. The van der Waals surface area contributed by atoms with Crippen molar-refractivity contribution in [2.45, 2.75) is 46.1 Å². The fourth-order valence-electron chi connectivity index (χ4n) is 3.10. The molecule has 18 heavy (non-hydrogen) atoms. The van der Waals surface area contributed by atoms with Gasteiger partial charge in [0.1, 0.15) is 0 Å². The topological polar surface area (TPSA) is 20.2 Å². The fourth-order valence-corrected chi connectivity index (χ4v) is 3.33. The van der Waals surface area contributed by atoms with Crippen LogP contribution in [0.4, 0.5) is 0 Å². The van der Waals surface area contributed by atoms with E-state index < -0.39 is 0 Å². The molecule has 1 aromatic rings. The van der Waals surface area contributed by atoms with Gasteiger partial charge in [-0.1, -0.05) is 37.9 Å². The molecule has 0 saturated heterocycles. The molecular weight excluding hydrogens is 244 g/mol. The first-order chi connectivity index (χ1) is 8.49. The lowest BCUT2D eigenvalue weighted by Crippen LogP contribution is -2.25. The number of aliphatic hydroxyl groups is 1. The Bertz CT molecular complexity index is 416. The van der Waals surface area contributed by atoms with E-state index >= 15 is 0 Å². The van der Waals surface area contributed by atoms with Crippen molar-refractivity contribution in [1.82, 2.24) is 0 Å². The van der Waals surface area contributed by atoms with E-state index in [-0.39, 0.29) is 6.10 Å². The van der Waals surface area contributed by atoms with E-state index in [0.717, 1.165) is 34.9 Å². The van der Waals surface area contributed by atoms with Crippen LogP contribution in [0.3, 0.4) is 0 Å². The predicted molar refractivity (Wildman–Crippen MR) is 76.8 cm³/mol. The second-order valence-corrected chi connectivity index (χ2v) is 6.41. The van der Waals surface area contributed by atoms with Crippen LogP contribution in [0.15, 0.2) is 18.2 Å². The van der Waals surface area contributed by atoms with Gasteiger partial charge in [-0.3, -0.25) is 0 Å². The zero-order valence-electron chi connectivity index (χ0n) is 11.5. The molecular formula is C16H23ClO. The molecule has 0 radical (unpaired) electrons. The largest absolute Gasteiger partial charge is 0.388 e. The summed E-state index contributed by atoms with van der Waals surface area (Å²) in [5.41, 5.74) is 2.15. The normalized spacial score (nSPS) is 30.2. The van der Waals surface area contributed by atoms with Crippen molar-refractivity contribution in [3.8, 4) is 0 Å². The molecule has 0 aliphatic heterocycles. The van der Waals surface area contributed by atoms with Gasteiger partial charge in [-0.2, -0.15) is 0 Å². The Balaban J connectivity index is 2.13. The van der Waals surface area contributed by atoms with Crippen molar-refractivity contribution in [3.05, 3.63) is 34.3 Å². The Labute approximate surface area is 115 Å². The van der Waals surface area contributed by atoms with Gasteiger partial charge >= 0.3 is 0 Å². The van der Waals surface area contributed by atoms with Crippen LogP contribution in [0.25, 0.3) is 0 Å². The fraction of sp³-hybridized carbons (Fsp3) is 0.625. The first-order valence-electron chi connectivity index (χ1n) is 6.93. The van der Waals surface area contributed by atoms with Crippen LogP contribution in [0.1, 0.15) is 50.3 Å². The molecule has 4 unspecified atom stereocenters. The molecule has 2 rings (SSSR count). The standard InChI is InChI=1S/C16H23ClO/c1-10-4-5-13(8-11(10)2)16(18)15-7-6-14(17)9-12(15)3/h6-7,9-11,13,16,18H,4-5,8H2,1-3H3. The average molecular weight is 267 g/mol. The van der Waals surface area contributed by atoms with Crippen LogP contribution in [0.5, 0.6) is 0 Å². The number of rotatable bonds is 2. The summed E-state index contributed by atoms with van der Waals surface area (Å²) in [4.78, 5) is 0. The molecule has 1 N–H and O–H groups in total. The monoisotopic (exact) mass is 266 g/mol. The molecule has 1 nitrogen and oxygen atoms in total. The van der Waals surface area contributed by atoms with Gasteiger partial charge in [-0.05, 0) is 60.8 Å². The van der Waals surface area contributed by atoms with E-state index in [1.807, 2.05) is 25.1 Å². The maximum absolute atomic E-state index is 10.6. The number of hydrogen-bond acceptors (Lipinski definition) is 1. The quantitative estimate of drug-likeness (QED) is 0.819.